The van der Waals surface area contributed by atoms with E-state index in [2.05, 4.69) is 25.8 Å². The lowest BCUT2D eigenvalue weighted by Gasteiger charge is -2.40. The van der Waals surface area contributed by atoms with E-state index in [0.717, 1.165) is 37.0 Å². The van der Waals surface area contributed by atoms with Gasteiger partial charge in [0.05, 0.1) is 6.07 Å². The third kappa shape index (κ3) is 3.17. The molecule has 0 radical (unpaired) electrons. The summed E-state index contributed by atoms with van der Waals surface area (Å²) in [6, 6.07) is 4.39. The molecule has 0 N–H and O–H groups in total. The van der Waals surface area contributed by atoms with Gasteiger partial charge in [-0.15, -0.1) is 11.8 Å². The standard InChI is InChI=1S/C13H19N5S/c1-13(2,9-14)18-6-4-17(5-7-18)11-8-12(19-3)16-10-15-11/h8,10H,4-7H2,1-3H3. The molecule has 1 aromatic heterocycles. The molecule has 0 aromatic carbocycles. The maximum absolute atomic E-state index is 9.17. The second-order valence-corrected chi connectivity index (χ2v) is 5.89. The molecule has 2 rings (SSSR count). The summed E-state index contributed by atoms with van der Waals surface area (Å²) in [5.74, 6) is 0.980. The Hall–Kier alpha value is -1.32. The van der Waals surface area contributed by atoms with Gasteiger partial charge >= 0.3 is 0 Å². The Labute approximate surface area is 118 Å². The van der Waals surface area contributed by atoms with Crippen LogP contribution in [-0.4, -0.2) is 52.8 Å². The summed E-state index contributed by atoms with van der Waals surface area (Å²) in [6.07, 6.45) is 3.63. The van der Waals surface area contributed by atoms with Crippen LogP contribution in [0.4, 0.5) is 5.82 Å². The van der Waals surface area contributed by atoms with Crippen molar-refractivity contribution in [1.82, 2.24) is 14.9 Å². The smallest absolute Gasteiger partial charge is 0.133 e. The van der Waals surface area contributed by atoms with Crippen LogP contribution in [0.2, 0.25) is 0 Å². The Kier molecular flexibility index (Phi) is 4.27. The van der Waals surface area contributed by atoms with Gasteiger partial charge in [-0.3, -0.25) is 4.90 Å². The predicted molar refractivity (Wildman–Crippen MR) is 77.3 cm³/mol. The van der Waals surface area contributed by atoms with Crippen LogP contribution in [0.5, 0.6) is 0 Å². The highest BCUT2D eigenvalue weighted by molar-refractivity contribution is 7.98. The van der Waals surface area contributed by atoms with Gasteiger partial charge in [0.1, 0.15) is 22.7 Å². The first kappa shape index (κ1) is 14.1. The zero-order chi connectivity index (χ0) is 13.9. The first-order chi connectivity index (χ1) is 9.06. The number of aromatic nitrogens is 2. The lowest BCUT2D eigenvalue weighted by atomic mass is 10.0. The Morgan fingerprint density at radius 3 is 2.53 bits per heavy atom. The Morgan fingerprint density at radius 1 is 1.26 bits per heavy atom. The number of hydrogen-bond acceptors (Lipinski definition) is 6. The van der Waals surface area contributed by atoms with Crippen LogP contribution in [-0.2, 0) is 0 Å². The van der Waals surface area contributed by atoms with Crippen LogP contribution in [0.1, 0.15) is 13.8 Å². The molecule has 5 nitrogen and oxygen atoms in total. The first-order valence-electron chi connectivity index (χ1n) is 6.34. The molecule has 2 heterocycles. The molecule has 0 spiro atoms. The second kappa shape index (κ2) is 5.76. The topological polar surface area (TPSA) is 56.0 Å². The lowest BCUT2D eigenvalue weighted by Crippen LogP contribution is -2.54. The molecule has 0 saturated carbocycles. The Bertz CT molecular complexity index is 474. The number of thioether (sulfide) groups is 1. The zero-order valence-electron chi connectivity index (χ0n) is 11.6. The second-order valence-electron chi connectivity index (χ2n) is 5.06. The fraction of sp³-hybridized carbons (Fsp3) is 0.615. The minimum atomic E-state index is -0.387. The van der Waals surface area contributed by atoms with Crippen molar-refractivity contribution in [1.29, 1.82) is 5.26 Å². The quantitative estimate of drug-likeness (QED) is 0.618. The van der Waals surface area contributed by atoms with Crippen molar-refractivity contribution in [2.45, 2.75) is 24.4 Å². The first-order valence-corrected chi connectivity index (χ1v) is 7.56. The Morgan fingerprint density at radius 2 is 1.95 bits per heavy atom. The third-order valence-electron chi connectivity index (χ3n) is 3.50. The highest BCUT2D eigenvalue weighted by Crippen LogP contribution is 2.21. The van der Waals surface area contributed by atoms with Crippen molar-refractivity contribution in [2.24, 2.45) is 0 Å². The highest BCUT2D eigenvalue weighted by Gasteiger charge is 2.30. The minimum Gasteiger partial charge on any atom is -0.354 e. The Balaban J connectivity index is 2.02. The van der Waals surface area contributed by atoms with Gasteiger partial charge in [0.25, 0.3) is 0 Å². The van der Waals surface area contributed by atoms with Gasteiger partial charge in [-0.1, -0.05) is 0 Å². The summed E-state index contributed by atoms with van der Waals surface area (Å²) >= 11 is 1.62. The van der Waals surface area contributed by atoms with E-state index >= 15 is 0 Å². The summed E-state index contributed by atoms with van der Waals surface area (Å²) in [4.78, 5) is 13.0. The number of piperazine rings is 1. The molecule has 6 heteroatoms. The summed E-state index contributed by atoms with van der Waals surface area (Å²) in [5, 5.41) is 10.2. The van der Waals surface area contributed by atoms with E-state index in [9.17, 15) is 0 Å². The van der Waals surface area contributed by atoms with Crippen LogP contribution in [0.25, 0.3) is 0 Å². The lowest BCUT2D eigenvalue weighted by molar-refractivity contribution is 0.157. The van der Waals surface area contributed by atoms with Gasteiger partial charge in [0, 0.05) is 32.2 Å². The van der Waals surface area contributed by atoms with Crippen LogP contribution < -0.4 is 4.90 Å². The molecule has 0 amide bonds. The van der Waals surface area contributed by atoms with Crippen LogP contribution in [0.15, 0.2) is 17.4 Å². The number of hydrogen-bond donors (Lipinski definition) is 0. The SMILES string of the molecule is CSc1cc(N2CCN(C(C)(C)C#N)CC2)ncn1. The maximum atomic E-state index is 9.17. The van der Waals surface area contributed by atoms with E-state index < -0.39 is 0 Å². The van der Waals surface area contributed by atoms with E-state index in [1.807, 2.05) is 26.2 Å². The van der Waals surface area contributed by atoms with Crippen molar-refractivity contribution in [3.63, 3.8) is 0 Å². The molecule has 0 bridgehead atoms. The molecule has 1 fully saturated rings. The highest BCUT2D eigenvalue weighted by atomic mass is 32.2. The van der Waals surface area contributed by atoms with Gasteiger partial charge in [-0.2, -0.15) is 5.26 Å². The van der Waals surface area contributed by atoms with Gasteiger partial charge < -0.3 is 4.90 Å². The summed E-state index contributed by atoms with van der Waals surface area (Å²) < 4.78 is 0. The van der Waals surface area contributed by atoms with E-state index in [1.54, 1.807) is 18.1 Å². The molecule has 1 saturated heterocycles. The molecular formula is C13H19N5S. The van der Waals surface area contributed by atoms with E-state index in [0.29, 0.717) is 0 Å². The van der Waals surface area contributed by atoms with Gasteiger partial charge in [0.2, 0.25) is 0 Å². The van der Waals surface area contributed by atoms with Gasteiger partial charge in [-0.05, 0) is 20.1 Å². The van der Waals surface area contributed by atoms with E-state index in [1.165, 1.54) is 0 Å². The number of nitrogens with zero attached hydrogens (tertiary/aromatic N) is 5. The van der Waals surface area contributed by atoms with Crippen molar-refractivity contribution in [2.75, 3.05) is 37.3 Å². The van der Waals surface area contributed by atoms with Crippen LogP contribution in [0, 0.1) is 11.3 Å². The monoisotopic (exact) mass is 277 g/mol. The van der Waals surface area contributed by atoms with E-state index in [4.69, 9.17) is 5.26 Å². The van der Waals surface area contributed by atoms with Crippen molar-refractivity contribution >= 4 is 17.6 Å². The summed E-state index contributed by atoms with van der Waals surface area (Å²) in [7, 11) is 0. The van der Waals surface area contributed by atoms with Crippen molar-refractivity contribution in [3.8, 4) is 6.07 Å². The van der Waals surface area contributed by atoms with Gasteiger partial charge in [-0.25, -0.2) is 9.97 Å². The molecule has 1 aromatic rings. The van der Waals surface area contributed by atoms with Crippen molar-refractivity contribution in [3.05, 3.63) is 12.4 Å². The maximum Gasteiger partial charge on any atom is 0.133 e. The minimum absolute atomic E-state index is 0.387. The molecule has 0 aliphatic carbocycles. The number of rotatable bonds is 3. The molecule has 19 heavy (non-hydrogen) atoms. The largest absolute Gasteiger partial charge is 0.354 e. The summed E-state index contributed by atoms with van der Waals surface area (Å²) in [6.45, 7) is 7.52. The number of anilines is 1. The fourth-order valence-electron chi connectivity index (χ4n) is 2.18. The molecule has 102 valence electrons. The van der Waals surface area contributed by atoms with Crippen LogP contribution >= 0.6 is 11.8 Å². The average Bonchev–Trinajstić information content (AvgIpc) is 2.47. The zero-order valence-corrected chi connectivity index (χ0v) is 12.4. The van der Waals surface area contributed by atoms with Crippen LogP contribution in [0.3, 0.4) is 0 Å². The molecule has 1 aliphatic rings. The molecular weight excluding hydrogens is 258 g/mol. The average molecular weight is 277 g/mol. The van der Waals surface area contributed by atoms with Crippen molar-refractivity contribution < 1.29 is 0 Å². The predicted octanol–water partition coefficient (Wildman–Crippen LogP) is 1.62. The number of nitriles is 1. The molecule has 0 unspecified atom stereocenters. The molecule has 1 aliphatic heterocycles. The van der Waals surface area contributed by atoms with E-state index in [-0.39, 0.29) is 5.54 Å². The molecule has 0 atom stereocenters. The summed E-state index contributed by atoms with van der Waals surface area (Å²) in [5.41, 5.74) is -0.387. The third-order valence-corrected chi connectivity index (χ3v) is 4.15. The normalized spacial score (nSPS) is 17.3. The fourth-order valence-corrected chi connectivity index (χ4v) is 2.56. The van der Waals surface area contributed by atoms with Gasteiger partial charge in [0.15, 0.2) is 0 Å².